The second-order valence-corrected chi connectivity index (χ2v) is 9.16. The molecule has 0 aromatic carbocycles. The molecule has 2 aliphatic heterocycles. The van der Waals surface area contributed by atoms with E-state index < -0.39 is 0 Å². The van der Waals surface area contributed by atoms with Crippen LogP contribution < -0.4 is 5.32 Å². The van der Waals surface area contributed by atoms with E-state index in [1.165, 1.54) is 5.01 Å². The van der Waals surface area contributed by atoms with Crippen LogP contribution in [-0.2, 0) is 16.8 Å². The van der Waals surface area contributed by atoms with Gasteiger partial charge in [-0.3, -0.25) is 15.0 Å². The Balaban J connectivity index is 1.49. The first-order chi connectivity index (χ1) is 10.9. The number of thiazole rings is 1. The Morgan fingerprint density at radius 3 is 2.65 bits per heavy atom. The predicted octanol–water partition coefficient (Wildman–Crippen LogP) is 1.75. The zero-order valence-corrected chi connectivity index (χ0v) is 15.8. The van der Waals surface area contributed by atoms with Crippen LogP contribution in [0.5, 0.6) is 0 Å². The second kappa shape index (κ2) is 7.09. The van der Waals surface area contributed by atoms with E-state index in [-0.39, 0.29) is 17.4 Å². The molecule has 0 radical (unpaired) electrons. The second-order valence-electron chi connectivity index (χ2n) is 7.27. The van der Waals surface area contributed by atoms with Crippen molar-refractivity contribution in [1.29, 1.82) is 0 Å². The Bertz CT molecular complexity index is 541. The highest BCUT2D eigenvalue weighted by atomic mass is 32.2. The maximum Gasteiger partial charge on any atom is 0.240 e. The lowest BCUT2D eigenvalue weighted by Gasteiger charge is -2.35. The van der Waals surface area contributed by atoms with Crippen molar-refractivity contribution in [3.05, 3.63) is 16.1 Å². The third kappa shape index (κ3) is 4.26. The molecular weight excluding hydrogens is 328 g/mol. The Morgan fingerprint density at radius 1 is 1.35 bits per heavy atom. The van der Waals surface area contributed by atoms with Crippen LogP contribution in [0.4, 0.5) is 0 Å². The van der Waals surface area contributed by atoms with Crippen LogP contribution in [0.15, 0.2) is 5.38 Å². The smallest absolute Gasteiger partial charge is 0.240 e. The molecule has 23 heavy (non-hydrogen) atoms. The fourth-order valence-corrected chi connectivity index (χ4v) is 4.69. The number of aromatic nitrogens is 1. The van der Waals surface area contributed by atoms with Gasteiger partial charge in [-0.15, -0.1) is 23.1 Å². The Morgan fingerprint density at radius 2 is 2.09 bits per heavy atom. The van der Waals surface area contributed by atoms with Gasteiger partial charge in [-0.2, -0.15) is 0 Å². The first kappa shape index (κ1) is 17.2. The molecule has 1 aromatic heterocycles. The number of rotatable bonds is 3. The van der Waals surface area contributed by atoms with Gasteiger partial charge >= 0.3 is 0 Å². The van der Waals surface area contributed by atoms with Crippen LogP contribution in [0.1, 0.15) is 31.5 Å². The minimum Gasteiger partial charge on any atom is -0.339 e. The predicted molar refractivity (Wildman–Crippen MR) is 96.9 cm³/mol. The summed E-state index contributed by atoms with van der Waals surface area (Å²) in [7, 11) is 0. The molecule has 7 heteroatoms. The van der Waals surface area contributed by atoms with Crippen molar-refractivity contribution in [1.82, 2.24) is 20.1 Å². The number of hydrogen-bond donors (Lipinski definition) is 1. The molecule has 3 heterocycles. The van der Waals surface area contributed by atoms with Crippen molar-refractivity contribution in [3.8, 4) is 0 Å². The molecule has 0 aliphatic carbocycles. The van der Waals surface area contributed by atoms with E-state index in [9.17, 15) is 4.79 Å². The molecule has 1 amide bonds. The molecule has 0 saturated carbocycles. The van der Waals surface area contributed by atoms with Crippen LogP contribution in [0, 0.1) is 0 Å². The summed E-state index contributed by atoms with van der Waals surface area (Å²) in [6, 6.07) is 0.0273. The van der Waals surface area contributed by atoms with Gasteiger partial charge in [0, 0.05) is 55.1 Å². The highest BCUT2D eigenvalue weighted by Gasteiger charge is 2.29. The van der Waals surface area contributed by atoms with E-state index in [1.807, 2.05) is 4.90 Å². The van der Waals surface area contributed by atoms with Gasteiger partial charge in [0.05, 0.1) is 16.7 Å². The van der Waals surface area contributed by atoms with Gasteiger partial charge in [0.2, 0.25) is 5.91 Å². The van der Waals surface area contributed by atoms with Crippen molar-refractivity contribution in [2.24, 2.45) is 0 Å². The largest absolute Gasteiger partial charge is 0.339 e. The molecule has 128 valence electrons. The van der Waals surface area contributed by atoms with Crippen LogP contribution in [0.3, 0.4) is 0 Å². The summed E-state index contributed by atoms with van der Waals surface area (Å²) < 4.78 is 0. The van der Waals surface area contributed by atoms with E-state index in [4.69, 9.17) is 4.98 Å². The maximum atomic E-state index is 12.4. The third-order valence-corrected chi connectivity index (χ3v) is 6.53. The molecule has 1 atom stereocenters. The minimum absolute atomic E-state index is 0.0273. The molecule has 5 nitrogen and oxygen atoms in total. The first-order valence-corrected chi connectivity index (χ1v) is 10.2. The number of carbonyl (C=O) groups excluding carboxylic acids is 1. The quantitative estimate of drug-likeness (QED) is 0.896. The first-order valence-electron chi connectivity index (χ1n) is 8.20. The zero-order chi connectivity index (χ0) is 16.4. The summed E-state index contributed by atoms with van der Waals surface area (Å²) in [5, 5.41) is 6.65. The molecular formula is C16H26N4OS2. The van der Waals surface area contributed by atoms with E-state index in [2.05, 4.69) is 36.4 Å². The standard InChI is InChI=1S/C16H26N4OS2/c1-16(2,3)15-18-12(9-23-15)8-19-4-6-20(7-5-19)14(21)13-10-22-11-17-13/h9,13,17H,4-8,10-11H2,1-3H3. The van der Waals surface area contributed by atoms with Crippen LogP contribution in [0.25, 0.3) is 0 Å². The van der Waals surface area contributed by atoms with E-state index in [0.29, 0.717) is 0 Å². The topological polar surface area (TPSA) is 48.5 Å². The maximum absolute atomic E-state index is 12.4. The normalized spacial score (nSPS) is 23.4. The lowest BCUT2D eigenvalue weighted by molar-refractivity contribution is -0.134. The number of amides is 1. The van der Waals surface area contributed by atoms with Gasteiger partial charge in [-0.25, -0.2) is 4.98 Å². The van der Waals surface area contributed by atoms with Crippen molar-refractivity contribution in [3.63, 3.8) is 0 Å². The molecule has 1 N–H and O–H groups in total. The summed E-state index contributed by atoms with van der Waals surface area (Å²) in [5.41, 5.74) is 1.29. The van der Waals surface area contributed by atoms with Crippen LogP contribution in [-0.4, -0.2) is 64.5 Å². The number of nitrogens with one attached hydrogen (secondary N) is 1. The van der Waals surface area contributed by atoms with Gasteiger partial charge < -0.3 is 4.90 Å². The number of carbonyl (C=O) groups is 1. The number of nitrogens with zero attached hydrogens (tertiary/aromatic N) is 3. The van der Waals surface area contributed by atoms with Gasteiger partial charge in [-0.05, 0) is 0 Å². The molecule has 0 spiro atoms. The Labute approximate surface area is 146 Å². The summed E-state index contributed by atoms with van der Waals surface area (Å²) in [6.07, 6.45) is 0. The monoisotopic (exact) mass is 354 g/mol. The summed E-state index contributed by atoms with van der Waals surface area (Å²) in [5.74, 6) is 2.09. The van der Waals surface area contributed by atoms with Gasteiger partial charge in [-0.1, -0.05) is 20.8 Å². The Kier molecular flexibility index (Phi) is 5.30. The summed E-state index contributed by atoms with van der Waals surface area (Å²) in [4.78, 5) is 21.6. The fourth-order valence-electron chi connectivity index (χ4n) is 2.85. The Hall–Kier alpha value is -0.630. The summed E-state index contributed by atoms with van der Waals surface area (Å²) >= 11 is 3.56. The fraction of sp³-hybridized carbons (Fsp3) is 0.750. The lowest BCUT2D eigenvalue weighted by Crippen LogP contribution is -2.53. The van der Waals surface area contributed by atoms with E-state index in [1.54, 1.807) is 23.1 Å². The van der Waals surface area contributed by atoms with Gasteiger partial charge in [0.15, 0.2) is 0 Å². The number of piperazine rings is 1. The molecule has 2 fully saturated rings. The molecule has 1 aromatic rings. The summed E-state index contributed by atoms with van der Waals surface area (Å²) in [6.45, 7) is 11.0. The highest BCUT2D eigenvalue weighted by Crippen LogP contribution is 2.26. The highest BCUT2D eigenvalue weighted by molar-refractivity contribution is 7.99. The van der Waals surface area contributed by atoms with Gasteiger partial charge in [0.25, 0.3) is 0 Å². The van der Waals surface area contributed by atoms with Crippen LogP contribution in [0.2, 0.25) is 0 Å². The molecule has 2 saturated heterocycles. The van der Waals surface area contributed by atoms with Crippen molar-refractivity contribution in [2.75, 3.05) is 37.8 Å². The van der Waals surface area contributed by atoms with E-state index >= 15 is 0 Å². The zero-order valence-electron chi connectivity index (χ0n) is 14.2. The van der Waals surface area contributed by atoms with Crippen LogP contribution >= 0.6 is 23.1 Å². The SMILES string of the molecule is CC(C)(C)c1nc(CN2CCN(C(=O)C3CSCN3)CC2)cs1. The number of hydrogen-bond acceptors (Lipinski definition) is 6. The molecule has 2 aliphatic rings. The lowest BCUT2D eigenvalue weighted by atomic mass is 9.98. The van der Waals surface area contributed by atoms with Crippen molar-refractivity contribution in [2.45, 2.75) is 38.8 Å². The minimum atomic E-state index is 0.0273. The van der Waals surface area contributed by atoms with Crippen molar-refractivity contribution >= 4 is 29.0 Å². The third-order valence-electron chi connectivity index (χ3n) is 4.28. The van der Waals surface area contributed by atoms with Gasteiger partial charge in [0.1, 0.15) is 0 Å². The average molecular weight is 355 g/mol. The number of thioether (sulfide) groups is 1. The average Bonchev–Trinajstić information content (AvgIpc) is 3.18. The van der Waals surface area contributed by atoms with Crippen molar-refractivity contribution < 1.29 is 4.79 Å². The molecule has 0 bridgehead atoms. The molecule has 3 rings (SSSR count). The molecule has 1 unspecified atom stereocenters. The van der Waals surface area contributed by atoms with E-state index in [0.717, 1.165) is 50.0 Å².